The van der Waals surface area contributed by atoms with Crippen molar-refractivity contribution in [3.05, 3.63) is 0 Å². The average molecular weight is 298 g/mol. The zero-order valence-electron chi connectivity index (χ0n) is 12.7. The SMILES string of the molecule is CN(C(=O)NCC1CCCCC1C(=O)O)C1CCOCC1. The van der Waals surface area contributed by atoms with Gasteiger partial charge < -0.3 is 20.1 Å². The quantitative estimate of drug-likeness (QED) is 0.828. The van der Waals surface area contributed by atoms with Crippen LogP contribution in [0.15, 0.2) is 0 Å². The molecule has 6 nitrogen and oxygen atoms in total. The molecule has 2 N–H and O–H groups in total. The lowest BCUT2D eigenvalue weighted by Crippen LogP contribution is -2.48. The molecule has 1 heterocycles. The third-order valence-electron chi connectivity index (χ3n) is 4.80. The zero-order chi connectivity index (χ0) is 15.2. The Morgan fingerprint density at radius 2 is 1.86 bits per heavy atom. The molecule has 2 amide bonds. The van der Waals surface area contributed by atoms with Crippen LogP contribution in [0, 0.1) is 11.8 Å². The number of nitrogens with zero attached hydrogens (tertiary/aromatic N) is 1. The van der Waals surface area contributed by atoms with E-state index < -0.39 is 5.97 Å². The Bertz CT molecular complexity index is 369. The highest BCUT2D eigenvalue weighted by atomic mass is 16.5. The molecule has 1 saturated heterocycles. The van der Waals surface area contributed by atoms with Crippen LogP contribution >= 0.6 is 0 Å². The number of amides is 2. The van der Waals surface area contributed by atoms with E-state index in [0.29, 0.717) is 19.8 Å². The second-order valence-corrected chi connectivity index (χ2v) is 6.13. The molecular weight excluding hydrogens is 272 g/mol. The average Bonchev–Trinajstić information content (AvgIpc) is 2.52. The second-order valence-electron chi connectivity index (χ2n) is 6.13. The van der Waals surface area contributed by atoms with E-state index in [1.165, 1.54) is 0 Å². The van der Waals surface area contributed by atoms with Gasteiger partial charge in [0.25, 0.3) is 0 Å². The summed E-state index contributed by atoms with van der Waals surface area (Å²) in [5.41, 5.74) is 0. The highest BCUT2D eigenvalue weighted by Crippen LogP contribution is 2.29. The van der Waals surface area contributed by atoms with Gasteiger partial charge in [-0.2, -0.15) is 0 Å². The van der Waals surface area contributed by atoms with Gasteiger partial charge in [-0.05, 0) is 31.6 Å². The van der Waals surface area contributed by atoms with Crippen molar-refractivity contribution >= 4 is 12.0 Å². The van der Waals surface area contributed by atoms with Gasteiger partial charge in [-0.25, -0.2) is 4.79 Å². The van der Waals surface area contributed by atoms with Crippen molar-refractivity contribution in [2.45, 2.75) is 44.6 Å². The molecule has 2 atom stereocenters. The molecule has 2 unspecified atom stereocenters. The van der Waals surface area contributed by atoms with Crippen molar-refractivity contribution in [2.75, 3.05) is 26.8 Å². The van der Waals surface area contributed by atoms with E-state index >= 15 is 0 Å². The highest BCUT2D eigenvalue weighted by Gasteiger charge is 2.31. The molecule has 2 aliphatic rings. The first-order valence-electron chi connectivity index (χ1n) is 7.91. The first-order valence-corrected chi connectivity index (χ1v) is 7.91. The van der Waals surface area contributed by atoms with Gasteiger partial charge in [-0.15, -0.1) is 0 Å². The van der Waals surface area contributed by atoms with E-state index in [9.17, 15) is 14.7 Å². The van der Waals surface area contributed by atoms with Crippen LogP contribution in [0.25, 0.3) is 0 Å². The Kier molecular flexibility index (Phi) is 5.85. The number of hydrogen-bond acceptors (Lipinski definition) is 3. The Hall–Kier alpha value is -1.30. The van der Waals surface area contributed by atoms with Crippen molar-refractivity contribution in [1.82, 2.24) is 10.2 Å². The summed E-state index contributed by atoms with van der Waals surface area (Å²) < 4.78 is 5.30. The summed E-state index contributed by atoms with van der Waals surface area (Å²) in [6.07, 6.45) is 5.38. The largest absolute Gasteiger partial charge is 0.481 e. The normalized spacial score (nSPS) is 27.1. The maximum Gasteiger partial charge on any atom is 0.317 e. The van der Waals surface area contributed by atoms with Crippen molar-refractivity contribution in [3.8, 4) is 0 Å². The maximum absolute atomic E-state index is 12.2. The smallest absolute Gasteiger partial charge is 0.317 e. The number of carbonyl (C=O) groups excluding carboxylic acids is 1. The first-order chi connectivity index (χ1) is 10.1. The molecule has 0 spiro atoms. The fourth-order valence-corrected chi connectivity index (χ4v) is 3.36. The monoisotopic (exact) mass is 298 g/mol. The Labute approximate surface area is 125 Å². The number of ether oxygens (including phenoxy) is 1. The fraction of sp³-hybridized carbons (Fsp3) is 0.867. The van der Waals surface area contributed by atoms with Gasteiger partial charge in [0.15, 0.2) is 0 Å². The molecule has 1 aliphatic carbocycles. The number of carboxylic acid groups (broad SMARTS) is 1. The van der Waals surface area contributed by atoms with Crippen molar-refractivity contribution < 1.29 is 19.4 Å². The van der Waals surface area contributed by atoms with Gasteiger partial charge in [0, 0.05) is 32.8 Å². The second kappa shape index (κ2) is 7.64. The number of carbonyl (C=O) groups is 2. The van der Waals surface area contributed by atoms with Gasteiger partial charge in [-0.1, -0.05) is 12.8 Å². The van der Waals surface area contributed by atoms with E-state index in [-0.39, 0.29) is 23.9 Å². The van der Waals surface area contributed by atoms with Crippen molar-refractivity contribution in [3.63, 3.8) is 0 Å². The van der Waals surface area contributed by atoms with E-state index in [0.717, 1.165) is 38.5 Å². The van der Waals surface area contributed by atoms with Gasteiger partial charge in [0.2, 0.25) is 0 Å². The van der Waals surface area contributed by atoms with E-state index in [2.05, 4.69) is 5.32 Å². The van der Waals surface area contributed by atoms with E-state index in [4.69, 9.17) is 4.74 Å². The van der Waals surface area contributed by atoms with E-state index in [1.54, 1.807) is 11.9 Å². The van der Waals surface area contributed by atoms with Gasteiger partial charge >= 0.3 is 12.0 Å². The first kappa shape index (κ1) is 16.1. The highest BCUT2D eigenvalue weighted by molar-refractivity contribution is 5.74. The molecule has 0 bridgehead atoms. The molecule has 0 aromatic rings. The predicted molar refractivity (Wildman–Crippen MR) is 78.1 cm³/mol. The number of hydrogen-bond donors (Lipinski definition) is 2. The van der Waals surface area contributed by atoms with Crippen LogP contribution in [0.1, 0.15) is 38.5 Å². The van der Waals surface area contributed by atoms with Crippen LogP contribution in [0.3, 0.4) is 0 Å². The van der Waals surface area contributed by atoms with Gasteiger partial charge in [-0.3, -0.25) is 4.79 Å². The van der Waals surface area contributed by atoms with Crippen LogP contribution in [0.2, 0.25) is 0 Å². The number of urea groups is 1. The molecule has 21 heavy (non-hydrogen) atoms. The molecular formula is C15H26N2O4. The molecule has 0 aromatic carbocycles. The fourth-order valence-electron chi connectivity index (χ4n) is 3.36. The lowest BCUT2D eigenvalue weighted by Gasteiger charge is -2.33. The summed E-state index contributed by atoms with van der Waals surface area (Å²) in [7, 11) is 1.81. The number of aliphatic carboxylic acids is 1. The van der Waals surface area contributed by atoms with Crippen LogP contribution in [-0.2, 0) is 9.53 Å². The zero-order valence-corrected chi connectivity index (χ0v) is 12.7. The summed E-state index contributed by atoms with van der Waals surface area (Å²) in [4.78, 5) is 25.2. The minimum atomic E-state index is -0.730. The molecule has 2 fully saturated rings. The van der Waals surface area contributed by atoms with E-state index in [1.807, 2.05) is 0 Å². The molecule has 2 rings (SSSR count). The summed E-state index contributed by atoms with van der Waals surface area (Å²) >= 11 is 0. The topological polar surface area (TPSA) is 78.9 Å². The summed E-state index contributed by atoms with van der Waals surface area (Å²) in [5.74, 6) is -0.984. The summed E-state index contributed by atoms with van der Waals surface area (Å²) in [6, 6.07) is 0.122. The maximum atomic E-state index is 12.2. The number of carboxylic acids is 1. The Morgan fingerprint density at radius 1 is 1.19 bits per heavy atom. The molecule has 1 saturated carbocycles. The number of rotatable bonds is 4. The lowest BCUT2D eigenvalue weighted by atomic mass is 9.79. The van der Waals surface area contributed by atoms with Gasteiger partial charge in [0.05, 0.1) is 5.92 Å². The van der Waals surface area contributed by atoms with Gasteiger partial charge in [0.1, 0.15) is 0 Å². The molecule has 6 heteroatoms. The third-order valence-corrected chi connectivity index (χ3v) is 4.80. The van der Waals surface area contributed by atoms with Crippen molar-refractivity contribution in [2.24, 2.45) is 11.8 Å². The predicted octanol–water partition coefficient (Wildman–Crippen LogP) is 1.70. The summed E-state index contributed by atoms with van der Waals surface area (Å²) in [6.45, 7) is 1.86. The molecule has 0 aromatic heterocycles. The van der Waals surface area contributed by atoms with Crippen LogP contribution in [0.4, 0.5) is 4.79 Å². The third kappa shape index (κ3) is 4.33. The standard InChI is InChI=1S/C15H26N2O4/c1-17(12-6-8-21-9-7-12)15(20)16-10-11-4-2-3-5-13(11)14(18)19/h11-13H,2-10H2,1H3,(H,16,20)(H,18,19). The van der Waals surface area contributed by atoms with Crippen LogP contribution in [-0.4, -0.2) is 54.9 Å². The van der Waals surface area contributed by atoms with Crippen LogP contribution < -0.4 is 5.32 Å². The minimum absolute atomic E-state index is 0.0586. The minimum Gasteiger partial charge on any atom is -0.481 e. The van der Waals surface area contributed by atoms with Crippen LogP contribution in [0.5, 0.6) is 0 Å². The number of nitrogens with one attached hydrogen (secondary N) is 1. The van der Waals surface area contributed by atoms with Crippen molar-refractivity contribution in [1.29, 1.82) is 0 Å². The lowest BCUT2D eigenvalue weighted by molar-refractivity contribution is -0.144. The molecule has 1 aliphatic heterocycles. The molecule has 120 valence electrons. The molecule has 0 radical (unpaired) electrons. The Balaban J connectivity index is 1.80. The Morgan fingerprint density at radius 3 is 2.52 bits per heavy atom. The summed E-state index contributed by atoms with van der Waals surface area (Å²) in [5, 5.41) is 12.2.